The quantitative estimate of drug-likeness (QED) is 0.781. The van der Waals surface area contributed by atoms with Crippen molar-refractivity contribution in [2.45, 2.75) is 32.5 Å². The van der Waals surface area contributed by atoms with Crippen LogP contribution >= 0.6 is 0 Å². The number of methoxy groups -OCH3 is 1. The first kappa shape index (κ1) is 16.8. The number of hydrogen-bond donors (Lipinski definition) is 0. The van der Waals surface area contributed by atoms with Gasteiger partial charge in [-0.3, -0.25) is 4.90 Å². The van der Waals surface area contributed by atoms with Gasteiger partial charge in [-0.15, -0.1) is 0 Å². The number of rotatable bonds is 3. The summed E-state index contributed by atoms with van der Waals surface area (Å²) in [6.45, 7) is -0.870. The van der Waals surface area contributed by atoms with E-state index in [1.807, 2.05) is 6.07 Å². The molecule has 2 rings (SSSR count). The SMILES string of the molecule is COc1cccc(F)c1CN1CCCCC1.FC(F)F. The molecule has 0 aliphatic carbocycles. The maximum atomic E-state index is 13.7. The van der Waals surface area contributed by atoms with E-state index in [4.69, 9.17) is 4.74 Å². The van der Waals surface area contributed by atoms with Crippen molar-refractivity contribution in [1.29, 1.82) is 0 Å². The van der Waals surface area contributed by atoms with Crippen LogP contribution in [0.4, 0.5) is 17.6 Å². The van der Waals surface area contributed by atoms with E-state index in [0.717, 1.165) is 13.1 Å². The number of halogens is 4. The predicted molar refractivity (Wildman–Crippen MR) is 69.2 cm³/mol. The molecule has 1 heterocycles. The van der Waals surface area contributed by atoms with Crippen molar-refractivity contribution in [3.8, 4) is 5.75 Å². The summed E-state index contributed by atoms with van der Waals surface area (Å²) >= 11 is 0. The molecular formula is C14H19F4NO. The second kappa shape index (κ2) is 8.79. The van der Waals surface area contributed by atoms with Crippen LogP contribution in [0.15, 0.2) is 18.2 Å². The number of hydrogen-bond acceptors (Lipinski definition) is 2. The Labute approximate surface area is 116 Å². The summed E-state index contributed by atoms with van der Waals surface area (Å²) in [7, 11) is 1.59. The van der Waals surface area contributed by atoms with Gasteiger partial charge < -0.3 is 4.74 Å². The molecule has 0 unspecified atom stereocenters. The third-order valence-corrected chi connectivity index (χ3v) is 3.13. The van der Waals surface area contributed by atoms with E-state index in [9.17, 15) is 17.6 Å². The molecule has 1 aromatic rings. The zero-order chi connectivity index (χ0) is 15.0. The van der Waals surface area contributed by atoms with Crippen molar-refractivity contribution in [2.24, 2.45) is 0 Å². The van der Waals surface area contributed by atoms with Crippen LogP contribution in [-0.2, 0) is 6.54 Å². The standard InChI is InChI=1S/C13H18FNO.CHF3/c1-16-13-7-5-6-12(14)11(13)10-15-8-3-2-4-9-15;2-1(3)4/h5-7H,2-4,8-10H2,1H3;1H. The molecule has 0 N–H and O–H groups in total. The molecule has 0 atom stereocenters. The smallest absolute Gasteiger partial charge is 0.379 e. The number of alkyl halides is 3. The highest BCUT2D eigenvalue weighted by atomic mass is 19.4. The van der Waals surface area contributed by atoms with Crippen LogP contribution in [-0.4, -0.2) is 31.8 Å². The fourth-order valence-corrected chi connectivity index (χ4v) is 2.22. The monoisotopic (exact) mass is 293 g/mol. The Bertz CT molecular complexity index is 392. The van der Waals surface area contributed by atoms with Crippen molar-refractivity contribution >= 4 is 0 Å². The van der Waals surface area contributed by atoms with Crippen LogP contribution in [0.3, 0.4) is 0 Å². The van der Waals surface area contributed by atoms with Gasteiger partial charge in [-0.1, -0.05) is 12.5 Å². The van der Waals surface area contributed by atoms with Crippen LogP contribution in [0.25, 0.3) is 0 Å². The Morgan fingerprint density at radius 3 is 2.30 bits per heavy atom. The summed E-state index contributed by atoms with van der Waals surface area (Å²) in [4.78, 5) is 2.30. The van der Waals surface area contributed by atoms with Gasteiger partial charge in [0.2, 0.25) is 0 Å². The summed E-state index contributed by atoms with van der Waals surface area (Å²) in [6.07, 6.45) is 3.73. The molecule has 1 fully saturated rings. The van der Waals surface area contributed by atoms with Crippen LogP contribution < -0.4 is 4.74 Å². The molecule has 0 radical (unpaired) electrons. The summed E-state index contributed by atoms with van der Waals surface area (Å²) in [5, 5.41) is 0. The zero-order valence-corrected chi connectivity index (χ0v) is 11.4. The second-order valence-electron chi connectivity index (χ2n) is 4.50. The van der Waals surface area contributed by atoms with E-state index in [1.54, 1.807) is 13.2 Å². The van der Waals surface area contributed by atoms with Gasteiger partial charge in [0.05, 0.1) is 7.11 Å². The highest BCUT2D eigenvalue weighted by Gasteiger charge is 2.15. The Kier molecular flexibility index (Phi) is 7.36. The minimum atomic E-state index is -3.67. The van der Waals surface area contributed by atoms with Crippen LogP contribution in [0.5, 0.6) is 5.75 Å². The van der Waals surface area contributed by atoms with Crippen molar-refractivity contribution in [3.63, 3.8) is 0 Å². The van der Waals surface area contributed by atoms with E-state index < -0.39 is 6.68 Å². The first-order valence-corrected chi connectivity index (χ1v) is 6.50. The lowest BCUT2D eigenvalue weighted by Crippen LogP contribution is -2.29. The lowest BCUT2D eigenvalue weighted by Gasteiger charge is -2.27. The summed E-state index contributed by atoms with van der Waals surface area (Å²) in [5.41, 5.74) is 0.687. The fourth-order valence-electron chi connectivity index (χ4n) is 2.22. The number of likely N-dealkylation sites (tertiary alicyclic amines) is 1. The van der Waals surface area contributed by atoms with E-state index >= 15 is 0 Å². The number of ether oxygens (including phenoxy) is 1. The Morgan fingerprint density at radius 1 is 1.15 bits per heavy atom. The third kappa shape index (κ3) is 5.77. The molecule has 0 amide bonds. The molecule has 114 valence electrons. The second-order valence-corrected chi connectivity index (χ2v) is 4.50. The van der Waals surface area contributed by atoms with Crippen LogP contribution in [0, 0.1) is 5.82 Å². The van der Waals surface area contributed by atoms with E-state index in [2.05, 4.69) is 4.90 Å². The van der Waals surface area contributed by atoms with Gasteiger partial charge in [-0.2, -0.15) is 13.2 Å². The third-order valence-electron chi connectivity index (χ3n) is 3.13. The van der Waals surface area contributed by atoms with Crippen LogP contribution in [0.2, 0.25) is 0 Å². The molecule has 0 saturated carbocycles. The van der Waals surface area contributed by atoms with Crippen molar-refractivity contribution in [2.75, 3.05) is 20.2 Å². The topological polar surface area (TPSA) is 12.5 Å². The Hall–Kier alpha value is -1.30. The van der Waals surface area contributed by atoms with Gasteiger partial charge in [-0.05, 0) is 38.1 Å². The molecule has 1 aliphatic heterocycles. The summed E-state index contributed by atoms with van der Waals surface area (Å²) in [6, 6.07) is 5.01. The molecule has 1 aliphatic rings. The van der Waals surface area contributed by atoms with Gasteiger partial charge in [0, 0.05) is 12.1 Å². The number of nitrogens with zero attached hydrogens (tertiary/aromatic N) is 1. The predicted octanol–water partition coefficient (Wildman–Crippen LogP) is 4.00. The fraction of sp³-hybridized carbons (Fsp3) is 0.571. The van der Waals surface area contributed by atoms with Gasteiger partial charge in [0.15, 0.2) is 0 Å². The van der Waals surface area contributed by atoms with Crippen molar-refractivity contribution < 1.29 is 22.3 Å². The molecule has 6 heteroatoms. The van der Waals surface area contributed by atoms with Gasteiger partial charge in [0.1, 0.15) is 11.6 Å². The van der Waals surface area contributed by atoms with Crippen molar-refractivity contribution in [3.05, 3.63) is 29.6 Å². The lowest BCUT2D eigenvalue weighted by atomic mass is 10.1. The average molecular weight is 293 g/mol. The van der Waals surface area contributed by atoms with Gasteiger partial charge >= 0.3 is 6.68 Å². The zero-order valence-electron chi connectivity index (χ0n) is 11.4. The van der Waals surface area contributed by atoms with Gasteiger partial charge in [0.25, 0.3) is 0 Å². The molecule has 20 heavy (non-hydrogen) atoms. The summed E-state index contributed by atoms with van der Waals surface area (Å²) < 4.78 is 47.9. The first-order valence-electron chi connectivity index (χ1n) is 6.50. The highest BCUT2D eigenvalue weighted by Crippen LogP contribution is 2.24. The molecule has 0 bridgehead atoms. The maximum absolute atomic E-state index is 13.7. The van der Waals surface area contributed by atoms with E-state index in [1.165, 1.54) is 25.3 Å². The van der Waals surface area contributed by atoms with Gasteiger partial charge in [-0.25, -0.2) is 4.39 Å². The number of benzene rings is 1. The minimum absolute atomic E-state index is 0.162. The Balaban J connectivity index is 0.000000444. The largest absolute Gasteiger partial charge is 0.496 e. The molecular weight excluding hydrogens is 274 g/mol. The maximum Gasteiger partial charge on any atom is 0.379 e. The lowest BCUT2D eigenvalue weighted by molar-refractivity contribution is 0.00819. The molecule has 1 saturated heterocycles. The average Bonchev–Trinajstić information content (AvgIpc) is 2.41. The van der Waals surface area contributed by atoms with E-state index in [-0.39, 0.29) is 5.82 Å². The molecule has 2 nitrogen and oxygen atoms in total. The minimum Gasteiger partial charge on any atom is -0.496 e. The van der Waals surface area contributed by atoms with Crippen LogP contribution in [0.1, 0.15) is 24.8 Å². The van der Waals surface area contributed by atoms with E-state index in [0.29, 0.717) is 17.9 Å². The highest BCUT2D eigenvalue weighted by molar-refractivity contribution is 5.34. The molecule has 1 aromatic carbocycles. The number of piperidine rings is 1. The summed E-state index contributed by atoms with van der Waals surface area (Å²) in [5.74, 6) is 0.496. The first-order chi connectivity index (χ1) is 9.54. The van der Waals surface area contributed by atoms with Crippen molar-refractivity contribution in [1.82, 2.24) is 4.90 Å². The molecule has 0 aromatic heterocycles. The molecule has 0 spiro atoms. The normalized spacial score (nSPS) is 15.7. The Morgan fingerprint density at radius 2 is 1.75 bits per heavy atom.